The maximum atomic E-state index is 13.5. The standard InChI is InChI=1S/C26H20BrFN2O6S/c1-2-35-22-11-18(21(27)13-23(22)36-15-17-6-3-7-19(28)9-17)12-24-25(31)29(26(32)37-24)14-16-5-4-8-20(10-16)30(33)34/h3-13H,2,14-15H2,1H3/b24-12+. The number of benzene rings is 3. The van der Waals surface area contributed by atoms with E-state index in [2.05, 4.69) is 15.9 Å². The third-order valence-corrected chi connectivity index (χ3v) is 6.86. The zero-order valence-electron chi connectivity index (χ0n) is 19.5. The van der Waals surface area contributed by atoms with E-state index >= 15 is 0 Å². The van der Waals surface area contributed by atoms with Gasteiger partial charge in [-0.3, -0.25) is 24.6 Å². The third kappa shape index (κ3) is 6.36. The Morgan fingerprint density at radius 2 is 1.78 bits per heavy atom. The van der Waals surface area contributed by atoms with Crippen LogP contribution in [0, 0.1) is 15.9 Å². The Bertz CT molecular complexity index is 1410. The molecule has 1 saturated heterocycles. The highest BCUT2D eigenvalue weighted by Crippen LogP contribution is 2.39. The van der Waals surface area contributed by atoms with Gasteiger partial charge in [0.15, 0.2) is 11.5 Å². The predicted molar refractivity (Wildman–Crippen MR) is 141 cm³/mol. The second-order valence-corrected chi connectivity index (χ2v) is 9.71. The van der Waals surface area contributed by atoms with Crippen molar-refractivity contribution in [1.82, 2.24) is 4.90 Å². The van der Waals surface area contributed by atoms with Crippen LogP contribution in [-0.2, 0) is 17.9 Å². The highest BCUT2D eigenvalue weighted by atomic mass is 79.9. The van der Waals surface area contributed by atoms with Gasteiger partial charge in [-0.05, 0) is 65.7 Å². The minimum Gasteiger partial charge on any atom is -0.490 e. The van der Waals surface area contributed by atoms with Crippen molar-refractivity contribution in [2.24, 2.45) is 0 Å². The number of halogens is 2. The van der Waals surface area contributed by atoms with Gasteiger partial charge < -0.3 is 9.47 Å². The molecule has 0 spiro atoms. The summed E-state index contributed by atoms with van der Waals surface area (Å²) >= 11 is 4.26. The van der Waals surface area contributed by atoms with Crippen molar-refractivity contribution in [2.75, 3.05) is 6.61 Å². The molecule has 0 bridgehead atoms. The van der Waals surface area contributed by atoms with E-state index in [9.17, 15) is 24.1 Å². The van der Waals surface area contributed by atoms with Crippen LogP contribution in [0.25, 0.3) is 6.08 Å². The molecule has 3 aromatic rings. The molecule has 0 unspecified atom stereocenters. The van der Waals surface area contributed by atoms with E-state index in [4.69, 9.17) is 9.47 Å². The SMILES string of the molecule is CCOc1cc(/C=C2/SC(=O)N(Cc3cccc([N+](=O)[O-])c3)C2=O)c(Br)cc1OCc1cccc(F)c1. The lowest BCUT2D eigenvalue weighted by molar-refractivity contribution is -0.384. The van der Waals surface area contributed by atoms with E-state index in [0.717, 1.165) is 16.7 Å². The molecule has 1 heterocycles. The molecule has 1 fully saturated rings. The first-order chi connectivity index (χ1) is 17.7. The van der Waals surface area contributed by atoms with Gasteiger partial charge in [0.2, 0.25) is 0 Å². The average molecular weight is 587 g/mol. The van der Waals surface area contributed by atoms with E-state index < -0.39 is 16.1 Å². The quantitative estimate of drug-likeness (QED) is 0.156. The van der Waals surface area contributed by atoms with Gasteiger partial charge in [0.1, 0.15) is 12.4 Å². The number of ether oxygens (including phenoxy) is 2. The molecular weight excluding hydrogens is 567 g/mol. The van der Waals surface area contributed by atoms with Crippen LogP contribution in [0.5, 0.6) is 11.5 Å². The normalized spacial score (nSPS) is 14.4. The number of hydrogen-bond acceptors (Lipinski definition) is 7. The number of hydrogen-bond donors (Lipinski definition) is 0. The fourth-order valence-corrected chi connectivity index (χ4v) is 4.82. The number of nitro groups is 1. The molecule has 4 rings (SSSR count). The first-order valence-corrected chi connectivity index (χ1v) is 12.7. The molecule has 0 aliphatic carbocycles. The minimum atomic E-state index is -0.532. The molecule has 0 atom stereocenters. The summed E-state index contributed by atoms with van der Waals surface area (Å²) in [6.45, 7) is 2.22. The topological polar surface area (TPSA) is 99.0 Å². The number of thioether (sulfide) groups is 1. The molecule has 190 valence electrons. The molecule has 1 aliphatic heterocycles. The summed E-state index contributed by atoms with van der Waals surface area (Å²) in [5.74, 6) is -0.0158. The van der Waals surface area contributed by atoms with Crippen molar-refractivity contribution in [3.63, 3.8) is 0 Å². The molecule has 0 aromatic heterocycles. The van der Waals surface area contributed by atoms with Gasteiger partial charge in [0.05, 0.1) is 23.0 Å². The van der Waals surface area contributed by atoms with Gasteiger partial charge in [0, 0.05) is 16.6 Å². The minimum absolute atomic E-state index is 0.0814. The molecule has 11 heteroatoms. The largest absolute Gasteiger partial charge is 0.490 e. The number of carbonyl (C=O) groups is 2. The van der Waals surface area contributed by atoms with Crippen molar-refractivity contribution in [1.29, 1.82) is 0 Å². The summed E-state index contributed by atoms with van der Waals surface area (Å²) in [6, 6.07) is 15.3. The van der Waals surface area contributed by atoms with E-state index in [0.29, 0.717) is 39.3 Å². The molecule has 37 heavy (non-hydrogen) atoms. The molecule has 0 saturated carbocycles. The molecule has 2 amide bonds. The molecule has 8 nitrogen and oxygen atoms in total. The number of rotatable bonds is 9. The van der Waals surface area contributed by atoms with Gasteiger partial charge in [-0.1, -0.05) is 40.2 Å². The maximum absolute atomic E-state index is 13.5. The molecule has 0 radical (unpaired) electrons. The van der Waals surface area contributed by atoms with Gasteiger partial charge >= 0.3 is 0 Å². The van der Waals surface area contributed by atoms with E-state index in [1.54, 1.807) is 36.4 Å². The number of nitrogens with zero attached hydrogens (tertiary/aromatic N) is 2. The lowest BCUT2D eigenvalue weighted by Gasteiger charge is -2.14. The van der Waals surface area contributed by atoms with Crippen LogP contribution >= 0.6 is 27.7 Å². The van der Waals surface area contributed by atoms with Crippen molar-refractivity contribution in [2.45, 2.75) is 20.1 Å². The Morgan fingerprint density at radius 1 is 1.05 bits per heavy atom. The molecule has 3 aromatic carbocycles. The van der Waals surface area contributed by atoms with E-state index in [1.807, 2.05) is 6.92 Å². The number of amides is 2. The van der Waals surface area contributed by atoms with E-state index in [1.165, 1.54) is 30.3 Å². The van der Waals surface area contributed by atoms with Crippen molar-refractivity contribution in [3.05, 3.63) is 103 Å². The Labute approximate surface area is 224 Å². The monoisotopic (exact) mass is 586 g/mol. The zero-order chi connectivity index (χ0) is 26.5. The van der Waals surface area contributed by atoms with Crippen LogP contribution in [0.2, 0.25) is 0 Å². The number of carbonyl (C=O) groups excluding carboxylic acids is 2. The Hall–Kier alpha value is -3.70. The summed E-state index contributed by atoms with van der Waals surface area (Å²) in [5, 5.41) is 10.6. The number of nitro benzene ring substituents is 1. The smallest absolute Gasteiger partial charge is 0.293 e. The Balaban J connectivity index is 1.55. The Morgan fingerprint density at radius 3 is 2.51 bits per heavy atom. The van der Waals surface area contributed by atoms with Crippen LogP contribution in [0.3, 0.4) is 0 Å². The van der Waals surface area contributed by atoms with Gasteiger partial charge in [-0.2, -0.15) is 0 Å². The predicted octanol–water partition coefficient (Wildman–Crippen LogP) is 6.71. The number of non-ortho nitro benzene ring substituents is 1. The Kier molecular flexibility index (Phi) is 8.24. The maximum Gasteiger partial charge on any atom is 0.293 e. The van der Waals surface area contributed by atoms with Gasteiger partial charge in [-0.15, -0.1) is 0 Å². The first-order valence-electron chi connectivity index (χ1n) is 11.1. The average Bonchev–Trinajstić information content (AvgIpc) is 3.12. The summed E-state index contributed by atoms with van der Waals surface area (Å²) in [6.07, 6.45) is 1.57. The zero-order valence-corrected chi connectivity index (χ0v) is 21.9. The summed E-state index contributed by atoms with van der Waals surface area (Å²) < 4.78 is 25.7. The van der Waals surface area contributed by atoms with E-state index in [-0.39, 0.29) is 29.6 Å². The first kappa shape index (κ1) is 26.4. The van der Waals surface area contributed by atoms with Gasteiger partial charge in [0.25, 0.3) is 16.8 Å². The summed E-state index contributed by atoms with van der Waals surface area (Å²) in [4.78, 5) is 37.3. The lowest BCUT2D eigenvalue weighted by Crippen LogP contribution is -2.27. The molecule has 0 N–H and O–H groups in total. The fraction of sp³-hybridized carbons (Fsp3) is 0.154. The van der Waals surface area contributed by atoms with Crippen molar-refractivity contribution in [3.8, 4) is 11.5 Å². The van der Waals surface area contributed by atoms with Crippen molar-refractivity contribution >= 4 is 50.6 Å². The van der Waals surface area contributed by atoms with Crippen LogP contribution < -0.4 is 9.47 Å². The van der Waals surface area contributed by atoms with Crippen molar-refractivity contribution < 1.29 is 28.4 Å². The highest BCUT2D eigenvalue weighted by molar-refractivity contribution is 9.10. The van der Waals surface area contributed by atoms with Crippen LogP contribution in [0.1, 0.15) is 23.6 Å². The summed E-state index contributed by atoms with van der Waals surface area (Å²) in [7, 11) is 0. The van der Waals surface area contributed by atoms with Gasteiger partial charge in [-0.25, -0.2) is 4.39 Å². The highest BCUT2D eigenvalue weighted by Gasteiger charge is 2.35. The lowest BCUT2D eigenvalue weighted by atomic mass is 10.1. The number of imide groups is 1. The van der Waals surface area contributed by atoms with Crippen LogP contribution in [0.15, 0.2) is 70.0 Å². The second-order valence-electron chi connectivity index (χ2n) is 7.87. The fourth-order valence-electron chi connectivity index (χ4n) is 3.56. The van der Waals surface area contributed by atoms with Crippen LogP contribution in [-0.4, -0.2) is 27.6 Å². The third-order valence-electron chi connectivity index (χ3n) is 5.27. The second kappa shape index (κ2) is 11.6. The summed E-state index contributed by atoms with van der Waals surface area (Å²) in [5.41, 5.74) is 1.59. The molecule has 1 aliphatic rings. The molecular formula is C26H20BrFN2O6S. The van der Waals surface area contributed by atoms with Crippen LogP contribution in [0.4, 0.5) is 14.9 Å².